The predicted octanol–water partition coefficient (Wildman–Crippen LogP) is 3.08. The van der Waals surface area contributed by atoms with Crippen molar-refractivity contribution < 1.29 is 4.92 Å². The summed E-state index contributed by atoms with van der Waals surface area (Å²) in [4.78, 5) is 12.6. The average Bonchev–Trinajstić information content (AvgIpc) is 2.81. The molecule has 1 aliphatic rings. The Morgan fingerprint density at radius 3 is 2.63 bits per heavy atom. The van der Waals surface area contributed by atoms with Crippen molar-refractivity contribution in [3.8, 4) is 0 Å². The molecule has 1 aliphatic heterocycles. The van der Waals surface area contributed by atoms with Gasteiger partial charge in [-0.2, -0.15) is 0 Å². The second-order valence-electron chi connectivity index (χ2n) is 4.87. The van der Waals surface area contributed by atoms with Gasteiger partial charge in [-0.15, -0.1) is 0 Å². The number of nitro groups is 1. The lowest BCUT2D eigenvalue weighted by Gasteiger charge is -2.20. The number of rotatable bonds is 3. The van der Waals surface area contributed by atoms with Crippen LogP contribution in [0.15, 0.2) is 12.1 Å². The minimum absolute atomic E-state index is 0.0141. The lowest BCUT2D eigenvalue weighted by atomic mass is 10.0. The van der Waals surface area contributed by atoms with E-state index in [9.17, 15) is 10.1 Å². The number of nitrogens with zero attached hydrogens (tertiary/aromatic N) is 2. The Morgan fingerprint density at radius 2 is 2.11 bits per heavy atom. The minimum Gasteiger partial charge on any atom is -0.366 e. The first-order chi connectivity index (χ1) is 8.90. The first kappa shape index (κ1) is 14.4. The highest BCUT2D eigenvalue weighted by molar-refractivity contribution is 6.42. The van der Waals surface area contributed by atoms with Gasteiger partial charge in [0.1, 0.15) is 5.69 Å². The van der Waals surface area contributed by atoms with Gasteiger partial charge in [0.2, 0.25) is 0 Å². The Labute approximate surface area is 121 Å². The predicted molar refractivity (Wildman–Crippen MR) is 77.1 cm³/mol. The number of benzene rings is 1. The Hall–Kier alpha value is -1.04. The highest BCUT2D eigenvalue weighted by Crippen LogP contribution is 2.38. The molecule has 0 radical (unpaired) electrons. The quantitative estimate of drug-likeness (QED) is 0.688. The number of halogens is 2. The molecule has 0 amide bonds. The van der Waals surface area contributed by atoms with E-state index in [1.165, 1.54) is 6.07 Å². The lowest BCUT2D eigenvalue weighted by Crippen LogP contribution is -2.29. The third-order valence-electron chi connectivity index (χ3n) is 3.52. The topological polar surface area (TPSA) is 72.4 Å². The van der Waals surface area contributed by atoms with E-state index in [1.54, 1.807) is 6.07 Å². The molecular weight excluding hydrogens is 289 g/mol. The first-order valence-electron chi connectivity index (χ1n) is 6.04. The van der Waals surface area contributed by atoms with E-state index in [4.69, 9.17) is 28.9 Å². The molecule has 5 nitrogen and oxygen atoms in total. The van der Waals surface area contributed by atoms with Crippen LogP contribution < -0.4 is 10.6 Å². The minimum atomic E-state index is -0.434. The molecule has 1 heterocycles. The third-order valence-corrected chi connectivity index (χ3v) is 4.25. The number of anilines is 1. The van der Waals surface area contributed by atoms with Gasteiger partial charge in [0.15, 0.2) is 0 Å². The summed E-state index contributed by atoms with van der Waals surface area (Å²) in [6.07, 6.45) is 0.926. The zero-order valence-corrected chi connectivity index (χ0v) is 12.0. The maximum atomic E-state index is 11.1. The van der Waals surface area contributed by atoms with Crippen molar-refractivity contribution in [2.24, 2.45) is 11.7 Å². The van der Waals surface area contributed by atoms with E-state index in [0.717, 1.165) is 13.0 Å². The summed E-state index contributed by atoms with van der Waals surface area (Å²) >= 11 is 11.8. The maximum absolute atomic E-state index is 11.1. The van der Waals surface area contributed by atoms with Gasteiger partial charge in [0, 0.05) is 25.2 Å². The summed E-state index contributed by atoms with van der Waals surface area (Å²) in [5, 5.41) is 11.6. The summed E-state index contributed by atoms with van der Waals surface area (Å²) in [6, 6.07) is 2.94. The van der Waals surface area contributed by atoms with Crippen LogP contribution >= 0.6 is 23.2 Å². The fraction of sp³-hybridized carbons (Fsp3) is 0.500. The van der Waals surface area contributed by atoms with Gasteiger partial charge in [-0.25, -0.2) is 0 Å². The van der Waals surface area contributed by atoms with Crippen LogP contribution in [0.1, 0.15) is 13.3 Å². The Kier molecular flexibility index (Phi) is 4.18. The van der Waals surface area contributed by atoms with Crippen LogP contribution in [0.3, 0.4) is 0 Å². The van der Waals surface area contributed by atoms with Gasteiger partial charge >= 0.3 is 0 Å². The molecule has 0 spiro atoms. The van der Waals surface area contributed by atoms with Crippen LogP contribution in [0.4, 0.5) is 11.4 Å². The molecule has 2 atom stereocenters. The van der Waals surface area contributed by atoms with Gasteiger partial charge in [-0.3, -0.25) is 10.1 Å². The van der Waals surface area contributed by atoms with E-state index < -0.39 is 4.92 Å². The zero-order valence-electron chi connectivity index (χ0n) is 10.5. The largest absolute Gasteiger partial charge is 0.366 e. The number of nitrogens with two attached hydrogens (primary N) is 1. The number of hydrogen-bond acceptors (Lipinski definition) is 4. The van der Waals surface area contributed by atoms with Gasteiger partial charge < -0.3 is 10.6 Å². The lowest BCUT2D eigenvalue weighted by molar-refractivity contribution is -0.384. The van der Waals surface area contributed by atoms with Crippen LogP contribution in [-0.4, -0.2) is 24.1 Å². The molecule has 7 heteroatoms. The van der Waals surface area contributed by atoms with Gasteiger partial charge in [0.25, 0.3) is 5.69 Å². The Morgan fingerprint density at radius 1 is 1.47 bits per heavy atom. The SMILES string of the molecule is CC(N)C1CCN(c2cc(Cl)c(Cl)cc2[N+](=O)[O-])C1. The summed E-state index contributed by atoms with van der Waals surface area (Å²) in [5.74, 6) is 0.342. The van der Waals surface area contributed by atoms with Crippen molar-refractivity contribution in [2.75, 3.05) is 18.0 Å². The highest BCUT2D eigenvalue weighted by Gasteiger charge is 2.30. The van der Waals surface area contributed by atoms with Crippen LogP contribution in [0.25, 0.3) is 0 Å². The van der Waals surface area contributed by atoms with Crippen molar-refractivity contribution in [3.63, 3.8) is 0 Å². The van der Waals surface area contributed by atoms with Crippen molar-refractivity contribution in [1.29, 1.82) is 0 Å². The monoisotopic (exact) mass is 303 g/mol. The van der Waals surface area contributed by atoms with E-state index in [0.29, 0.717) is 23.2 Å². The average molecular weight is 304 g/mol. The van der Waals surface area contributed by atoms with E-state index in [1.807, 2.05) is 11.8 Å². The summed E-state index contributed by atoms with van der Waals surface area (Å²) in [7, 11) is 0. The molecule has 1 saturated heterocycles. The van der Waals surface area contributed by atoms with Crippen molar-refractivity contribution >= 4 is 34.6 Å². The van der Waals surface area contributed by atoms with Crippen molar-refractivity contribution in [1.82, 2.24) is 0 Å². The van der Waals surface area contributed by atoms with Crippen molar-refractivity contribution in [2.45, 2.75) is 19.4 Å². The van der Waals surface area contributed by atoms with Crippen LogP contribution in [0.5, 0.6) is 0 Å². The van der Waals surface area contributed by atoms with Crippen LogP contribution in [0.2, 0.25) is 10.0 Å². The van der Waals surface area contributed by atoms with Crippen LogP contribution in [0, 0.1) is 16.0 Å². The smallest absolute Gasteiger partial charge is 0.294 e. The van der Waals surface area contributed by atoms with Gasteiger partial charge in [0.05, 0.1) is 15.0 Å². The second kappa shape index (κ2) is 5.53. The van der Waals surface area contributed by atoms with E-state index in [2.05, 4.69) is 0 Å². The molecule has 19 heavy (non-hydrogen) atoms. The molecule has 0 bridgehead atoms. The van der Waals surface area contributed by atoms with Gasteiger partial charge in [-0.05, 0) is 25.3 Å². The summed E-state index contributed by atoms with van der Waals surface area (Å²) in [5.41, 5.74) is 6.38. The third kappa shape index (κ3) is 2.94. The highest BCUT2D eigenvalue weighted by atomic mass is 35.5. The summed E-state index contributed by atoms with van der Waals surface area (Å²) in [6.45, 7) is 3.40. The van der Waals surface area contributed by atoms with Gasteiger partial charge in [-0.1, -0.05) is 23.2 Å². The molecule has 2 unspecified atom stereocenters. The molecule has 2 N–H and O–H groups in total. The maximum Gasteiger partial charge on any atom is 0.294 e. The van der Waals surface area contributed by atoms with E-state index in [-0.39, 0.29) is 16.8 Å². The molecule has 1 fully saturated rings. The molecule has 2 rings (SSSR count). The number of nitro benzene ring substituents is 1. The Balaban J connectivity index is 2.34. The molecule has 104 valence electrons. The molecule has 0 saturated carbocycles. The normalized spacial score (nSPS) is 20.6. The standard InChI is InChI=1S/C12H15Cl2N3O2/c1-7(15)8-2-3-16(6-8)11-4-9(13)10(14)5-12(11)17(18)19/h4-5,7-8H,2-3,6,15H2,1H3. The van der Waals surface area contributed by atoms with E-state index >= 15 is 0 Å². The molecule has 0 aliphatic carbocycles. The molecule has 1 aromatic carbocycles. The summed E-state index contributed by atoms with van der Waals surface area (Å²) < 4.78 is 0. The molecule has 0 aromatic heterocycles. The fourth-order valence-electron chi connectivity index (χ4n) is 2.36. The fourth-order valence-corrected chi connectivity index (χ4v) is 2.68. The Bertz CT molecular complexity index is 508. The second-order valence-corrected chi connectivity index (χ2v) is 5.68. The first-order valence-corrected chi connectivity index (χ1v) is 6.79. The van der Waals surface area contributed by atoms with Crippen molar-refractivity contribution in [3.05, 3.63) is 32.3 Å². The molecule has 1 aromatic rings. The van der Waals surface area contributed by atoms with Crippen LogP contribution in [-0.2, 0) is 0 Å². The molecular formula is C12H15Cl2N3O2. The zero-order chi connectivity index (χ0) is 14.2. The number of hydrogen-bond donors (Lipinski definition) is 1.